The number of nitrogens with two attached hydrogens (primary N) is 1. The van der Waals surface area contributed by atoms with Gasteiger partial charge in [-0.05, 0) is 27.2 Å². The molecule has 0 bridgehead atoms. The van der Waals surface area contributed by atoms with Crippen LogP contribution >= 0.6 is 0 Å². The van der Waals surface area contributed by atoms with Gasteiger partial charge in [0.15, 0.2) is 0 Å². The Bertz CT molecular complexity index is 748. The molecule has 0 radical (unpaired) electrons. The van der Waals surface area contributed by atoms with Crippen LogP contribution in [0, 0.1) is 0 Å². The molecule has 1 fully saturated rings. The van der Waals surface area contributed by atoms with Gasteiger partial charge in [0, 0.05) is 43.7 Å². The highest BCUT2D eigenvalue weighted by molar-refractivity contribution is 5.64. The zero-order chi connectivity index (χ0) is 19.4. The van der Waals surface area contributed by atoms with Gasteiger partial charge in [-0.1, -0.05) is 6.92 Å². The molecule has 2 N–H and O–H groups in total. The first-order valence-electron chi connectivity index (χ1n) is 9.65. The maximum absolute atomic E-state index is 5.91. The maximum Gasteiger partial charge on any atom is 0.227 e. The molecule has 1 aliphatic rings. The molecule has 3 rings (SSSR count). The van der Waals surface area contributed by atoms with E-state index in [1.807, 2.05) is 6.07 Å². The molecule has 2 aromatic heterocycles. The SMILES string of the molecule is CC[C@H]1CN(c2cc(-c3cnc(N)nc3)nc(N(CC)CC)n2)[C@@H](C)CO1. The van der Waals surface area contributed by atoms with Crippen LogP contribution in [0.15, 0.2) is 18.5 Å². The van der Waals surface area contributed by atoms with Crippen molar-refractivity contribution in [3.63, 3.8) is 0 Å². The molecule has 1 saturated heterocycles. The summed E-state index contributed by atoms with van der Waals surface area (Å²) >= 11 is 0. The zero-order valence-corrected chi connectivity index (χ0v) is 16.6. The van der Waals surface area contributed by atoms with E-state index in [1.165, 1.54) is 0 Å². The molecule has 27 heavy (non-hydrogen) atoms. The number of nitrogens with zero attached hydrogens (tertiary/aromatic N) is 6. The Morgan fingerprint density at radius 1 is 1.19 bits per heavy atom. The van der Waals surface area contributed by atoms with Crippen molar-refractivity contribution in [1.82, 2.24) is 19.9 Å². The smallest absolute Gasteiger partial charge is 0.227 e. The number of morpholine rings is 1. The molecule has 146 valence electrons. The van der Waals surface area contributed by atoms with Crippen LogP contribution in [0.5, 0.6) is 0 Å². The molecule has 2 aromatic rings. The molecule has 2 atom stereocenters. The van der Waals surface area contributed by atoms with Crippen LogP contribution in [0.4, 0.5) is 17.7 Å². The molecule has 0 amide bonds. The van der Waals surface area contributed by atoms with E-state index in [0.29, 0.717) is 6.61 Å². The van der Waals surface area contributed by atoms with E-state index in [-0.39, 0.29) is 18.1 Å². The topological polar surface area (TPSA) is 93.3 Å². The van der Waals surface area contributed by atoms with Gasteiger partial charge in [0.1, 0.15) is 5.82 Å². The van der Waals surface area contributed by atoms with Crippen LogP contribution in [0.25, 0.3) is 11.3 Å². The van der Waals surface area contributed by atoms with Gasteiger partial charge in [-0.15, -0.1) is 0 Å². The van der Waals surface area contributed by atoms with Crippen LogP contribution < -0.4 is 15.5 Å². The minimum atomic E-state index is 0.219. The number of nitrogen functional groups attached to an aromatic ring is 1. The summed E-state index contributed by atoms with van der Waals surface area (Å²) < 4.78 is 5.91. The van der Waals surface area contributed by atoms with E-state index >= 15 is 0 Å². The van der Waals surface area contributed by atoms with E-state index in [4.69, 9.17) is 20.4 Å². The van der Waals surface area contributed by atoms with E-state index in [9.17, 15) is 0 Å². The Kier molecular flexibility index (Phi) is 6.05. The number of hydrogen-bond donors (Lipinski definition) is 1. The van der Waals surface area contributed by atoms with E-state index in [2.05, 4.69) is 47.5 Å². The first-order chi connectivity index (χ1) is 13.0. The van der Waals surface area contributed by atoms with Crippen molar-refractivity contribution in [3.05, 3.63) is 18.5 Å². The van der Waals surface area contributed by atoms with Crippen molar-refractivity contribution in [3.8, 4) is 11.3 Å². The Morgan fingerprint density at radius 3 is 2.52 bits per heavy atom. The lowest BCUT2D eigenvalue weighted by Gasteiger charge is -2.39. The fraction of sp³-hybridized carbons (Fsp3) is 0.579. The van der Waals surface area contributed by atoms with E-state index in [1.54, 1.807) is 12.4 Å². The van der Waals surface area contributed by atoms with Crippen molar-refractivity contribution in [2.75, 3.05) is 41.8 Å². The minimum absolute atomic E-state index is 0.219. The van der Waals surface area contributed by atoms with Gasteiger partial charge >= 0.3 is 0 Å². The second-order valence-electron chi connectivity index (χ2n) is 6.78. The molecule has 0 aliphatic carbocycles. The van der Waals surface area contributed by atoms with Gasteiger partial charge < -0.3 is 20.3 Å². The first kappa shape index (κ1) is 19.3. The van der Waals surface area contributed by atoms with Gasteiger partial charge in [-0.25, -0.2) is 15.0 Å². The normalized spacial score (nSPS) is 19.9. The molecule has 0 aromatic carbocycles. The lowest BCUT2D eigenvalue weighted by atomic mass is 10.1. The molecular formula is C19H29N7O. The van der Waals surface area contributed by atoms with Gasteiger partial charge in [-0.2, -0.15) is 4.98 Å². The summed E-state index contributed by atoms with van der Waals surface area (Å²) in [6.45, 7) is 11.7. The fourth-order valence-electron chi connectivity index (χ4n) is 3.22. The molecule has 1 aliphatic heterocycles. The van der Waals surface area contributed by atoms with E-state index in [0.717, 1.165) is 49.1 Å². The molecule has 8 nitrogen and oxygen atoms in total. The summed E-state index contributed by atoms with van der Waals surface area (Å²) in [5.74, 6) is 1.88. The van der Waals surface area contributed by atoms with Gasteiger partial charge in [-0.3, -0.25) is 0 Å². The summed E-state index contributed by atoms with van der Waals surface area (Å²) in [5, 5.41) is 0. The highest BCUT2D eigenvalue weighted by Gasteiger charge is 2.27. The van der Waals surface area contributed by atoms with Crippen LogP contribution in [0.1, 0.15) is 34.1 Å². The molecule has 3 heterocycles. The first-order valence-corrected chi connectivity index (χ1v) is 9.65. The van der Waals surface area contributed by atoms with Gasteiger partial charge in [0.2, 0.25) is 11.9 Å². The van der Waals surface area contributed by atoms with Crippen molar-refractivity contribution < 1.29 is 4.74 Å². The number of aromatic nitrogens is 4. The maximum atomic E-state index is 5.91. The lowest BCUT2D eigenvalue weighted by molar-refractivity contribution is 0.0204. The lowest BCUT2D eigenvalue weighted by Crippen LogP contribution is -2.48. The highest BCUT2D eigenvalue weighted by atomic mass is 16.5. The van der Waals surface area contributed by atoms with Gasteiger partial charge in [0.05, 0.1) is 24.4 Å². The van der Waals surface area contributed by atoms with Crippen molar-refractivity contribution >= 4 is 17.7 Å². The summed E-state index contributed by atoms with van der Waals surface area (Å²) in [6, 6.07) is 2.26. The Balaban J connectivity index is 2.05. The molecular weight excluding hydrogens is 342 g/mol. The number of hydrogen-bond acceptors (Lipinski definition) is 8. The molecule has 8 heteroatoms. The predicted molar refractivity (Wildman–Crippen MR) is 108 cm³/mol. The van der Waals surface area contributed by atoms with Crippen molar-refractivity contribution in [1.29, 1.82) is 0 Å². The Hall–Kier alpha value is -2.48. The number of rotatable bonds is 6. The molecule has 0 spiro atoms. The van der Waals surface area contributed by atoms with Crippen molar-refractivity contribution in [2.24, 2.45) is 0 Å². The fourth-order valence-corrected chi connectivity index (χ4v) is 3.22. The summed E-state index contributed by atoms with van der Waals surface area (Å²) in [6.07, 6.45) is 4.61. The average molecular weight is 371 g/mol. The predicted octanol–water partition coefficient (Wildman–Crippen LogP) is 2.37. The quantitative estimate of drug-likeness (QED) is 0.827. The van der Waals surface area contributed by atoms with Crippen molar-refractivity contribution in [2.45, 2.75) is 46.3 Å². The summed E-state index contributed by atoms with van der Waals surface area (Å²) in [4.78, 5) is 22.3. The Labute approximate surface area is 160 Å². The molecule has 0 saturated carbocycles. The number of ether oxygens (including phenoxy) is 1. The second-order valence-corrected chi connectivity index (χ2v) is 6.78. The van der Waals surface area contributed by atoms with Crippen LogP contribution in [-0.2, 0) is 4.74 Å². The summed E-state index contributed by atoms with van der Waals surface area (Å²) in [7, 11) is 0. The zero-order valence-electron chi connectivity index (χ0n) is 16.6. The number of anilines is 3. The Morgan fingerprint density at radius 2 is 1.89 bits per heavy atom. The van der Waals surface area contributed by atoms with E-state index < -0.39 is 0 Å². The highest BCUT2D eigenvalue weighted by Crippen LogP contribution is 2.27. The van der Waals surface area contributed by atoms with Crippen LogP contribution in [0.2, 0.25) is 0 Å². The van der Waals surface area contributed by atoms with Crippen LogP contribution in [0.3, 0.4) is 0 Å². The largest absolute Gasteiger partial charge is 0.374 e. The second kappa shape index (κ2) is 8.47. The average Bonchev–Trinajstić information content (AvgIpc) is 2.69. The summed E-state index contributed by atoms with van der Waals surface area (Å²) in [5.41, 5.74) is 7.26. The standard InChI is InChI=1S/C19H29N7O/c1-5-15-11-26(13(4)12-27-15)17-8-16(14-9-21-18(20)22-10-14)23-19(24-17)25(6-2)7-3/h8-10,13,15H,5-7,11-12H2,1-4H3,(H2,20,21,22)/t13-,15-/m0/s1. The van der Waals surface area contributed by atoms with Gasteiger partial charge in [0.25, 0.3) is 0 Å². The molecule has 0 unspecified atom stereocenters. The minimum Gasteiger partial charge on any atom is -0.374 e. The third-order valence-corrected chi connectivity index (χ3v) is 4.97. The third-order valence-electron chi connectivity index (χ3n) is 4.97. The third kappa shape index (κ3) is 4.27. The van der Waals surface area contributed by atoms with Crippen LogP contribution in [-0.4, -0.2) is 58.3 Å². The monoisotopic (exact) mass is 371 g/mol.